The largest absolute Gasteiger partial charge is 0.315 e. The van der Waals surface area contributed by atoms with Crippen LogP contribution in [-0.4, -0.2) is 40.4 Å². The van der Waals surface area contributed by atoms with Gasteiger partial charge in [0.25, 0.3) is 0 Å². The Hall–Kier alpha value is -0.580. The van der Waals surface area contributed by atoms with E-state index in [1.54, 1.807) is 0 Å². The van der Waals surface area contributed by atoms with E-state index in [0.29, 0.717) is 6.04 Å². The Kier molecular flexibility index (Phi) is 5.87. The molecule has 114 valence electrons. The summed E-state index contributed by atoms with van der Waals surface area (Å²) < 4.78 is 2.05. The lowest BCUT2D eigenvalue weighted by atomic mass is 10.2. The standard InChI is InChI=1S/C15H27ClN4/c1-4-8-17-10-13-7-6-9-19(13)11-14-15(16)12(3)18-20(14)5-2/h13,17H,4-11H2,1-3H3. The minimum Gasteiger partial charge on any atom is -0.315 e. The molecule has 1 unspecified atom stereocenters. The first-order valence-corrected chi connectivity index (χ1v) is 8.21. The third kappa shape index (κ3) is 3.54. The molecule has 1 aromatic rings. The van der Waals surface area contributed by atoms with Crippen molar-refractivity contribution in [1.82, 2.24) is 20.0 Å². The second-order valence-electron chi connectivity index (χ2n) is 5.63. The van der Waals surface area contributed by atoms with Gasteiger partial charge >= 0.3 is 0 Å². The molecule has 0 aliphatic carbocycles. The van der Waals surface area contributed by atoms with Gasteiger partial charge in [-0.05, 0) is 46.2 Å². The van der Waals surface area contributed by atoms with Crippen LogP contribution in [0.3, 0.4) is 0 Å². The molecular formula is C15H27ClN4. The highest BCUT2D eigenvalue weighted by Crippen LogP contribution is 2.25. The second-order valence-corrected chi connectivity index (χ2v) is 6.01. The number of hydrogen-bond acceptors (Lipinski definition) is 3. The first-order valence-electron chi connectivity index (χ1n) is 7.83. The minimum absolute atomic E-state index is 0.637. The maximum Gasteiger partial charge on any atom is 0.0860 e. The summed E-state index contributed by atoms with van der Waals surface area (Å²) in [6, 6.07) is 0.637. The zero-order chi connectivity index (χ0) is 14.5. The highest BCUT2D eigenvalue weighted by molar-refractivity contribution is 6.31. The summed E-state index contributed by atoms with van der Waals surface area (Å²) in [5.74, 6) is 0. The van der Waals surface area contributed by atoms with Crippen LogP contribution in [0.5, 0.6) is 0 Å². The van der Waals surface area contributed by atoms with Gasteiger partial charge < -0.3 is 5.32 Å². The molecule has 1 N–H and O–H groups in total. The number of halogens is 1. The van der Waals surface area contributed by atoms with E-state index in [-0.39, 0.29) is 0 Å². The van der Waals surface area contributed by atoms with Crippen LogP contribution >= 0.6 is 11.6 Å². The number of rotatable bonds is 7. The van der Waals surface area contributed by atoms with Crippen molar-refractivity contribution >= 4 is 11.6 Å². The molecule has 5 heteroatoms. The third-order valence-electron chi connectivity index (χ3n) is 4.11. The average Bonchev–Trinajstić information content (AvgIpc) is 2.99. The van der Waals surface area contributed by atoms with Gasteiger partial charge in [0.05, 0.1) is 16.4 Å². The third-order valence-corrected chi connectivity index (χ3v) is 4.60. The van der Waals surface area contributed by atoms with Crippen LogP contribution < -0.4 is 5.32 Å². The number of nitrogens with one attached hydrogen (secondary N) is 1. The molecule has 0 amide bonds. The van der Waals surface area contributed by atoms with E-state index in [1.807, 2.05) is 11.6 Å². The second kappa shape index (κ2) is 7.43. The lowest BCUT2D eigenvalue weighted by molar-refractivity contribution is 0.232. The quantitative estimate of drug-likeness (QED) is 0.786. The molecule has 1 fully saturated rings. The van der Waals surface area contributed by atoms with E-state index in [2.05, 4.69) is 29.2 Å². The van der Waals surface area contributed by atoms with Gasteiger partial charge in [-0.1, -0.05) is 18.5 Å². The molecule has 0 saturated carbocycles. The molecule has 1 aliphatic heterocycles. The molecule has 0 spiro atoms. The lowest BCUT2D eigenvalue weighted by Crippen LogP contribution is -2.38. The van der Waals surface area contributed by atoms with Gasteiger partial charge in [0.2, 0.25) is 0 Å². The van der Waals surface area contributed by atoms with Crippen molar-refractivity contribution in [3.8, 4) is 0 Å². The van der Waals surface area contributed by atoms with Gasteiger partial charge in [0, 0.05) is 25.7 Å². The molecule has 1 atom stereocenters. The zero-order valence-corrected chi connectivity index (χ0v) is 13.7. The number of likely N-dealkylation sites (tertiary alicyclic amines) is 1. The number of hydrogen-bond donors (Lipinski definition) is 1. The predicted molar refractivity (Wildman–Crippen MR) is 84.2 cm³/mol. The van der Waals surface area contributed by atoms with Crippen LogP contribution in [0.2, 0.25) is 5.02 Å². The van der Waals surface area contributed by atoms with E-state index in [9.17, 15) is 0 Å². The van der Waals surface area contributed by atoms with Crippen LogP contribution in [0.25, 0.3) is 0 Å². The van der Waals surface area contributed by atoms with Crippen molar-refractivity contribution < 1.29 is 0 Å². The molecule has 4 nitrogen and oxygen atoms in total. The lowest BCUT2D eigenvalue weighted by Gasteiger charge is -2.25. The summed E-state index contributed by atoms with van der Waals surface area (Å²) >= 11 is 6.42. The average molecular weight is 299 g/mol. The Balaban J connectivity index is 2.01. The molecule has 2 heterocycles. The van der Waals surface area contributed by atoms with Crippen LogP contribution in [0.4, 0.5) is 0 Å². The summed E-state index contributed by atoms with van der Waals surface area (Å²) in [5, 5.41) is 8.90. The van der Waals surface area contributed by atoms with Crippen molar-refractivity contribution in [2.24, 2.45) is 0 Å². The molecule has 0 aromatic carbocycles. The molecule has 0 bridgehead atoms. The van der Waals surface area contributed by atoms with Crippen LogP contribution in [-0.2, 0) is 13.1 Å². The number of aryl methyl sites for hydroxylation is 2. The summed E-state index contributed by atoms with van der Waals surface area (Å²) in [6.45, 7) is 11.5. The maximum absolute atomic E-state index is 6.42. The summed E-state index contributed by atoms with van der Waals surface area (Å²) in [4.78, 5) is 2.55. The Bertz CT molecular complexity index is 430. The topological polar surface area (TPSA) is 33.1 Å². The summed E-state index contributed by atoms with van der Waals surface area (Å²) in [7, 11) is 0. The fraction of sp³-hybridized carbons (Fsp3) is 0.800. The fourth-order valence-electron chi connectivity index (χ4n) is 2.99. The first kappa shape index (κ1) is 15.8. The Labute approximate surface area is 127 Å². The first-order chi connectivity index (χ1) is 9.67. The van der Waals surface area contributed by atoms with Crippen molar-refractivity contribution in [3.63, 3.8) is 0 Å². The Morgan fingerprint density at radius 3 is 2.90 bits per heavy atom. The number of aromatic nitrogens is 2. The highest BCUT2D eigenvalue weighted by Gasteiger charge is 2.26. The molecular weight excluding hydrogens is 272 g/mol. The van der Waals surface area contributed by atoms with E-state index in [4.69, 9.17) is 11.6 Å². The van der Waals surface area contributed by atoms with Crippen LogP contribution in [0.1, 0.15) is 44.5 Å². The highest BCUT2D eigenvalue weighted by atomic mass is 35.5. The zero-order valence-electron chi connectivity index (χ0n) is 13.0. The Morgan fingerprint density at radius 1 is 1.40 bits per heavy atom. The summed E-state index contributed by atoms with van der Waals surface area (Å²) in [5.41, 5.74) is 2.12. The number of nitrogens with zero attached hydrogens (tertiary/aromatic N) is 3. The van der Waals surface area contributed by atoms with Crippen molar-refractivity contribution in [2.75, 3.05) is 19.6 Å². The van der Waals surface area contributed by atoms with E-state index >= 15 is 0 Å². The molecule has 1 aromatic heterocycles. The van der Waals surface area contributed by atoms with Crippen LogP contribution in [0, 0.1) is 6.92 Å². The van der Waals surface area contributed by atoms with Crippen molar-refractivity contribution in [3.05, 3.63) is 16.4 Å². The molecule has 1 aliphatic rings. The van der Waals surface area contributed by atoms with E-state index in [1.165, 1.54) is 31.5 Å². The summed E-state index contributed by atoms with van der Waals surface area (Å²) in [6.07, 6.45) is 3.77. The van der Waals surface area contributed by atoms with Gasteiger partial charge in [-0.15, -0.1) is 0 Å². The van der Waals surface area contributed by atoms with Gasteiger partial charge in [0.1, 0.15) is 0 Å². The van der Waals surface area contributed by atoms with Crippen molar-refractivity contribution in [2.45, 2.75) is 59.2 Å². The maximum atomic E-state index is 6.42. The SMILES string of the molecule is CCCNCC1CCCN1Cc1c(Cl)c(C)nn1CC. The van der Waals surface area contributed by atoms with Crippen LogP contribution in [0.15, 0.2) is 0 Å². The van der Waals surface area contributed by atoms with Gasteiger partial charge in [0.15, 0.2) is 0 Å². The fourth-order valence-corrected chi connectivity index (χ4v) is 3.19. The van der Waals surface area contributed by atoms with Gasteiger partial charge in [-0.2, -0.15) is 5.10 Å². The molecule has 2 rings (SSSR count). The van der Waals surface area contributed by atoms with Gasteiger partial charge in [-0.25, -0.2) is 0 Å². The predicted octanol–water partition coefficient (Wildman–Crippen LogP) is 2.83. The molecule has 20 heavy (non-hydrogen) atoms. The van der Waals surface area contributed by atoms with Crippen molar-refractivity contribution in [1.29, 1.82) is 0 Å². The molecule has 0 radical (unpaired) electrons. The minimum atomic E-state index is 0.637. The van der Waals surface area contributed by atoms with E-state index < -0.39 is 0 Å². The van der Waals surface area contributed by atoms with E-state index in [0.717, 1.165) is 36.9 Å². The van der Waals surface area contributed by atoms with Gasteiger partial charge in [-0.3, -0.25) is 9.58 Å². The monoisotopic (exact) mass is 298 g/mol. The normalized spacial score (nSPS) is 19.9. The smallest absolute Gasteiger partial charge is 0.0860 e. The molecule has 1 saturated heterocycles. The Morgan fingerprint density at radius 2 is 2.20 bits per heavy atom.